The molecule has 94 valence electrons. The van der Waals surface area contributed by atoms with Gasteiger partial charge in [-0.1, -0.05) is 0 Å². The van der Waals surface area contributed by atoms with Crippen molar-refractivity contribution in [3.63, 3.8) is 0 Å². The average molecular weight is 265 g/mol. The Hall–Kier alpha value is -1.58. The number of phenolic OH excluding ortho intramolecular Hbond substituents is 1. The minimum Gasteiger partial charge on any atom is -0.504 e. The fourth-order valence-electron chi connectivity index (χ4n) is 1.24. The van der Waals surface area contributed by atoms with Crippen LogP contribution in [-0.4, -0.2) is 18.6 Å². The van der Waals surface area contributed by atoms with Crippen molar-refractivity contribution < 1.29 is 18.6 Å². The third-order valence-corrected chi connectivity index (χ3v) is 2.08. The molecule has 0 aliphatic carbocycles. The molecule has 1 atom stereocenters. The average Bonchev–Trinajstić information content (AvgIpc) is 2.28. The minimum atomic E-state index is -2.83. The quantitative estimate of drug-likeness (QED) is 0.875. The maximum Gasteiger partial charge on any atom is 0.257 e. The molecule has 17 heavy (non-hydrogen) atoms. The van der Waals surface area contributed by atoms with Crippen molar-refractivity contribution in [1.82, 2.24) is 0 Å². The monoisotopic (exact) mass is 264 g/mol. The topological polar surface area (TPSA) is 79.3 Å². The van der Waals surface area contributed by atoms with Crippen LogP contribution in [0.15, 0.2) is 12.1 Å². The normalized spacial score (nSPS) is 11.5. The molecule has 0 spiro atoms. The number of nitrogens with zero attached hydrogens (tertiary/aromatic N) is 1. The van der Waals surface area contributed by atoms with Gasteiger partial charge in [0, 0.05) is 11.6 Å². The zero-order valence-corrected chi connectivity index (χ0v) is 9.67. The van der Waals surface area contributed by atoms with Crippen molar-refractivity contribution in [1.29, 1.82) is 5.26 Å². The highest BCUT2D eigenvalue weighted by Crippen LogP contribution is 2.36. The van der Waals surface area contributed by atoms with Crippen molar-refractivity contribution in [3.05, 3.63) is 23.3 Å². The molecule has 0 aliphatic heterocycles. The van der Waals surface area contributed by atoms with Gasteiger partial charge in [0.1, 0.15) is 0 Å². The summed E-state index contributed by atoms with van der Waals surface area (Å²) in [6.07, 6.45) is -2.83. The van der Waals surface area contributed by atoms with Gasteiger partial charge in [-0.15, -0.1) is 12.4 Å². The first-order chi connectivity index (χ1) is 7.51. The van der Waals surface area contributed by atoms with E-state index < -0.39 is 18.2 Å². The van der Waals surface area contributed by atoms with Crippen LogP contribution in [0.25, 0.3) is 0 Å². The van der Waals surface area contributed by atoms with Gasteiger partial charge >= 0.3 is 0 Å². The second-order valence-corrected chi connectivity index (χ2v) is 3.09. The number of phenols is 1. The van der Waals surface area contributed by atoms with Gasteiger partial charge in [-0.2, -0.15) is 5.26 Å². The number of rotatable bonds is 3. The van der Waals surface area contributed by atoms with E-state index in [4.69, 9.17) is 15.7 Å². The lowest BCUT2D eigenvalue weighted by Gasteiger charge is -2.15. The Morgan fingerprint density at radius 2 is 2.06 bits per heavy atom. The van der Waals surface area contributed by atoms with Gasteiger partial charge in [0.2, 0.25) is 0 Å². The number of nitrogens with two attached hydrogens (primary N) is 1. The molecule has 0 saturated carbocycles. The first kappa shape index (κ1) is 15.4. The van der Waals surface area contributed by atoms with E-state index in [0.717, 1.165) is 6.07 Å². The van der Waals surface area contributed by atoms with E-state index in [-0.39, 0.29) is 29.3 Å². The molecule has 0 saturated heterocycles. The maximum atomic E-state index is 12.4. The Bertz CT molecular complexity index is 435. The van der Waals surface area contributed by atoms with Crippen LogP contribution in [0.3, 0.4) is 0 Å². The number of benzene rings is 1. The molecule has 0 fully saturated rings. The number of aromatic hydroxyl groups is 1. The predicted octanol–water partition coefficient (Wildman–Crippen LogP) is 1.96. The fraction of sp³-hybridized carbons (Fsp3) is 0.300. The molecule has 4 nitrogen and oxygen atoms in total. The molecule has 0 heterocycles. The number of nitriles is 1. The Balaban J connectivity index is 0.00000256. The summed E-state index contributed by atoms with van der Waals surface area (Å²) in [6.45, 7) is 0. The summed E-state index contributed by atoms with van der Waals surface area (Å²) in [6, 6.07) is 2.49. The summed E-state index contributed by atoms with van der Waals surface area (Å²) in [5.74, 6) is -0.514. The van der Waals surface area contributed by atoms with E-state index in [1.165, 1.54) is 13.2 Å². The van der Waals surface area contributed by atoms with Crippen LogP contribution in [0.2, 0.25) is 0 Å². The van der Waals surface area contributed by atoms with Gasteiger partial charge in [-0.25, -0.2) is 8.78 Å². The Kier molecular flexibility index (Phi) is 5.65. The largest absolute Gasteiger partial charge is 0.504 e. The number of hydrogen-bond donors (Lipinski definition) is 2. The fourth-order valence-corrected chi connectivity index (χ4v) is 1.24. The van der Waals surface area contributed by atoms with Gasteiger partial charge in [0.05, 0.1) is 24.8 Å². The van der Waals surface area contributed by atoms with Crippen molar-refractivity contribution in [2.75, 3.05) is 7.11 Å². The zero-order valence-electron chi connectivity index (χ0n) is 8.85. The molecule has 0 aliphatic rings. The summed E-state index contributed by atoms with van der Waals surface area (Å²) >= 11 is 0. The minimum absolute atomic E-state index is 0. The number of methoxy groups -OCH3 is 1. The molecule has 1 rings (SSSR count). The van der Waals surface area contributed by atoms with E-state index in [2.05, 4.69) is 0 Å². The molecule has 0 amide bonds. The lowest BCUT2D eigenvalue weighted by molar-refractivity contribution is 0.115. The predicted molar refractivity (Wildman–Crippen MR) is 59.6 cm³/mol. The van der Waals surface area contributed by atoms with Crippen LogP contribution in [-0.2, 0) is 0 Å². The zero-order chi connectivity index (χ0) is 12.3. The standard InChI is InChI=1S/C10H10F2N2O2.ClH/c1-16-7-3-5(4-13)2-6(9(7)15)8(14)10(11)12;/h2-3,8,10,15H,14H2,1H3;1H/t8-;/m1./s1. The summed E-state index contributed by atoms with van der Waals surface area (Å²) in [4.78, 5) is 0. The van der Waals surface area contributed by atoms with Crippen molar-refractivity contribution in [2.24, 2.45) is 5.73 Å². The van der Waals surface area contributed by atoms with Crippen LogP contribution < -0.4 is 10.5 Å². The van der Waals surface area contributed by atoms with E-state index in [9.17, 15) is 13.9 Å². The SMILES string of the molecule is COc1cc(C#N)cc([C@@H](N)C(F)F)c1O.Cl. The molecule has 1 aromatic carbocycles. The van der Waals surface area contributed by atoms with Gasteiger partial charge in [-0.05, 0) is 6.07 Å². The van der Waals surface area contributed by atoms with Gasteiger partial charge in [0.15, 0.2) is 11.5 Å². The van der Waals surface area contributed by atoms with Gasteiger partial charge in [0.25, 0.3) is 6.43 Å². The second kappa shape index (κ2) is 6.23. The molecular formula is C10H11ClF2N2O2. The summed E-state index contributed by atoms with van der Waals surface area (Å²) in [5.41, 5.74) is 5.11. The van der Waals surface area contributed by atoms with Crippen molar-refractivity contribution >= 4 is 12.4 Å². The first-order valence-electron chi connectivity index (χ1n) is 4.36. The van der Waals surface area contributed by atoms with Crippen LogP contribution in [0, 0.1) is 11.3 Å². The number of halogens is 3. The highest BCUT2D eigenvalue weighted by molar-refractivity contribution is 5.85. The van der Waals surface area contributed by atoms with E-state index in [1.807, 2.05) is 0 Å². The van der Waals surface area contributed by atoms with Crippen LogP contribution in [0.4, 0.5) is 8.78 Å². The lowest BCUT2D eigenvalue weighted by Crippen LogP contribution is -2.19. The lowest BCUT2D eigenvalue weighted by atomic mass is 10.0. The van der Waals surface area contributed by atoms with Crippen molar-refractivity contribution in [3.8, 4) is 17.6 Å². The van der Waals surface area contributed by atoms with E-state index in [0.29, 0.717) is 0 Å². The van der Waals surface area contributed by atoms with Crippen molar-refractivity contribution in [2.45, 2.75) is 12.5 Å². The Morgan fingerprint density at radius 1 is 1.47 bits per heavy atom. The number of hydrogen-bond acceptors (Lipinski definition) is 4. The molecule has 7 heteroatoms. The highest BCUT2D eigenvalue weighted by atomic mass is 35.5. The number of ether oxygens (including phenoxy) is 1. The first-order valence-corrected chi connectivity index (χ1v) is 4.36. The smallest absolute Gasteiger partial charge is 0.257 e. The molecular weight excluding hydrogens is 254 g/mol. The molecule has 0 aromatic heterocycles. The number of alkyl halides is 2. The molecule has 3 N–H and O–H groups in total. The molecule has 1 aromatic rings. The summed E-state index contributed by atoms with van der Waals surface area (Å²) < 4.78 is 29.6. The Labute approximate surface area is 103 Å². The highest BCUT2D eigenvalue weighted by Gasteiger charge is 2.23. The van der Waals surface area contributed by atoms with E-state index >= 15 is 0 Å². The summed E-state index contributed by atoms with van der Waals surface area (Å²) in [5, 5.41) is 18.3. The summed E-state index contributed by atoms with van der Waals surface area (Å²) in [7, 11) is 1.26. The second-order valence-electron chi connectivity index (χ2n) is 3.09. The van der Waals surface area contributed by atoms with Crippen LogP contribution in [0.5, 0.6) is 11.5 Å². The van der Waals surface area contributed by atoms with Gasteiger partial charge in [-0.3, -0.25) is 0 Å². The Morgan fingerprint density at radius 3 is 2.47 bits per heavy atom. The van der Waals surface area contributed by atoms with E-state index in [1.54, 1.807) is 6.07 Å². The van der Waals surface area contributed by atoms with Crippen LogP contribution in [0.1, 0.15) is 17.2 Å². The van der Waals surface area contributed by atoms with Gasteiger partial charge < -0.3 is 15.6 Å². The maximum absolute atomic E-state index is 12.4. The third-order valence-electron chi connectivity index (χ3n) is 2.08. The van der Waals surface area contributed by atoms with Crippen LogP contribution >= 0.6 is 12.4 Å². The third kappa shape index (κ3) is 3.19. The molecule has 0 unspecified atom stereocenters. The molecule has 0 bridgehead atoms. The molecule has 0 radical (unpaired) electrons.